The first-order chi connectivity index (χ1) is 3.93. The molecule has 0 amide bonds. The van der Waals surface area contributed by atoms with Gasteiger partial charge in [0.1, 0.15) is 0 Å². The zero-order valence-electron chi connectivity index (χ0n) is 4.80. The molecule has 0 atom stereocenters. The van der Waals surface area contributed by atoms with Crippen molar-refractivity contribution in [1.29, 1.82) is 0 Å². The first kappa shape index (κ1) is 6.01. The molecule has 3 nitrogen and oxygen atoms in total. The van der Waals surface area contributed by atoms with Gasteiger partial charge in [0.2, 0.25) is 0 Å². The molecular weight excluding hydrogens is 106 g/mol. The number of ether oxygens (including phenoxy) is 2. The van der Waals surface area contributed by atoms with Crippen molar-refractivity contribution in [2.24, 2.45) is 5.73 Å². The molecule has 1 fully saturated rings. The maximum absolute atomic E-state index is 5.25. The Morgan fingerprint density at radius 3 is 2.38 bits per heavy atom. The third kappa shape index (κ3) is 1.43. The Morgan fingerprint density at radius 1 is 1.38 bits per heavy atom. The van der Waals surface area contributed by atoms with Crippen LogP contribution in [0.15, 0.2) is 0 Å². The third-order valence-corrected chi connectivity index (χ3v) is 1.09. The van der Waals surface area contributed by atoms with E-state index in [1.54, 1.807) is 0 Å². The summed E-state index contributed by atoms with van der Waals surface area (Å²) in [7, 11) is 0. The Bertz CT molecular complexity index is 61.4. The summed E-state index contributed by atoms with van der Waals surface area (Å²) >= 11 is 0. The monoisotopic (exact) mass is 117 g/mol. The molecule has 0 aromatic carbocycles. The zero-order valence-corrected chi connectivity index (χ0v) is 4.80. The Balaban J connectivity index is 2.13. The summed E-state index contributed by atoms with van der Waals surface area (Å²) in [4.78, 5) is 0. The highest BCUT2D eigenvalue weighted by Gasteiger charge is 2.10. The third-order valence-electron chi connectivity index (χ3n) is 1.09. The summed E-state index contributed by atoms with van der Waals surface area (Å²) in [5, 5.41) is 0. The van der Waals surface area contributed by atoms with Gasteiger partial charge in [-0.15, -0.1) is 0 Å². The molecule has 1 heterocycles. The van der Waals surface area contributed by atoms with Gasteiger partial charge in [0.05, 0.1) is 13.2 Å². The molecule has 0 spiro atoms. The van der Waals surface area contributed by atoms with Gasteiger partial charge in [0.15, 0.2) is 6.29 Å². The molecule has 48 valence electrons. The summed E-state index contributed by atoms with van der Waals surface area (Å²) in [6.07, 6.45) is 0.861. The van der Waals surface area contributed by atoms with Crippen LogP contribution >= 0.6 is 0 Å². The van der Waals surface area contributed by atoms with Gasteiger partial charge in [-0.3, -0.25) is 0 Å². The van der Waals surface area contributed by atoms with Crippen LogP contribution in [0.25, 0.3) is 0 Å². The van der Waals surface area contributed by atoms with Crippen molar-refractivity contribution in [2.75, 3.05) is 19.8 Å². The Kier molecular flexibility index (Phi) is 2.27. The van der Waals surface area contributed by atoms with E-state index in [4.69, 9.17) is 15.2 Å². The van der Waals surface area contributed by atoms with Gasteiger partial charge in [-0.1, -0.05) is 0 Å². The van der Waals surface area contributed by atoms with E-state index >= 15 is 0 Å². The minimum absolute atomic E-state index is 0.135. The summed E-state index contributed by atoms with van der Waals surface area (Å²) in [6, 6.07) is 0. The first-order valence-corrected chi connectivity index (χ1v) is 2.87. The van der Waals surface area contributed by atoms with E-state index in [9.17, 15) is 0 Å². The lowest BCUT2D eigenvalue weighted by atomic mass is 10.4. The fraction of sp³-hybridized carbons (Fsp3) is 1.00. The lowest BCUT2D eigenvalue weighted by Gasteiger charge is -2.21. The predicted molar refractivity (Wildman–Crippen MR) is 29.4 cm³/mol. The quantitative estimate of drug-likeness (QED) is 0.513. The van der Waals surface area contributed by atoms with Crippen molar-refractivity contribution in [3.8, 4) is 0 Å². The van der Waals surface area contributed by atoms with Crippen LogP contribution in [0.5, 0.6) is 0 Å². The van der Waals surface area contributed by atoms with E-state index in [1.807, 2.05) is 0 Å². The highest BCUT2D eigenvalue weighted by molar-refractivity contribution is 4.49. The fourth-order valence-electron chi connectivity index (χ4n) is 0.673. The molecular formula is C5H11NO2. The molecule has 0 aromatic rings. The molecule has 0 saturated carbocycles. The van der Waals surface area contributed by atoms with Crippen LogP contribution in [-0.2, 0) is 9.47 Å². The smallest absolute Gasteiger partial charge is 0.169 e. The molecule has 2 N–H and O–H groups in total. The van der Waals surface area contributed by atoms with E-state index in [-0.39, 0.29) is 6.29 Å². The molecule has 1 aliphatic heterocycles. The van der Waals surface area contributed by atoms with E-state index in [2.05, 4.69) is 0 Å². The van der Waals surface area contributed by atoms with Crippen molar-refractivity contribution >= 4 is 0 Å². The van der Waals surface area contributed by atoms with Crippen LogP contribution in [-0.4, -0.2) is 26.0 Å². The van der Waals surface area contributed by atoms with E-state index < -0.39 is 0 Å². The minimum atomic E-state index is -0.135. The summed E-state index contributed by atoms with van der Waals surface area (Å²) in [5.74, 6) is 0. The van der Waals surface area contributed by atoms with Crippen LogP contribution in [0.4, 0.5) is 0 Å². The molecule has 0 radical (unpaired) electrons. The molecule has 1 aliphatic rings. The highest BCUT2D eigenvalue weighted by Crippen LogP contribution is 2.01. The van der Waals surface area contributed by atoms with Crippen LogP contribution in [0.2, 0.25) is 0 Å². The topological polar surface area (TPSA) is 44.5 Å². The lowest BCUT2D eigenvalue weighted by molar-refractivity contribution is -0.171. The van der Waals surface area contributed by atoms with Gasteiger partial charge in [-0.25, -0.2) is 0 Å². The maximum Gasteiger partial charge on any atom is 0.169 e. The van der Waals surface area contributed by atoms with E-state index in [1.165, 1.54) is 0 Å². The normalized spacial score (nSPS) is 23.6. The minimum Gasteiger partial charge on any atom is -0.351 e. The second-order valence-electron chi connectivity index (χ2n) is 1.76. The first-order valence-electron chi connectivity index (χ1n) is 2.87. The Labute approximate surface area is 48.8 Å². The average Bonchev–Trinajstić information content (AvgIpc) is 1.90. The number of nitrogens with two attached hydrogens (primary N) is 1. The SMILES string of the molecule is NCC1OCCCO1. The van der Waals surface area contributed by atoms with Crippen molar-refractivity contribution in [2.45, 2.75) is 12.7 Å². The fourth-order valence-corrected chi connectivity index (χ4v) is 0.673. The van der Waals surface area contributed by atoms with Gasteiger partial charge in [0.25, 0.3) is 0 Å². The highest BCUT2D eigenvalue weighted by atomic mass is 16.7. The number of hydrogen-bond donors (Lipinski definition) is 1. The van der Waals surface area contributed by atoms with E-state index in [0.717, 1.165) is 19.6 Å². The standard InChI is InChI=1S/C5H11NO2/c6-4-5-7-2-1-3-8-5/h5H,1-4,6H2. The van der Waals surface area contributed by atoms with Crippen molar-refractivity contribution in [3.63, 3.8) is 0 Å². The largest absolute Gasteiger partial charge is 0.351 e. The molecule has 0 aromatic heterocycles. The van der Waals surface area contributed by atoms with Crippen LogP contribution in [0.3, 0.4) is 0 Å². The number of rotatable bonds is 1. The predicted octanol–water partition coefficient (Wildman–Crippen LogP) is -0.292. The molecule has 8 heavy (non-hydrogen) atoms. The molecule has 1 rings (SSSR count). The molecule has 1 saturated heterocycles. The van der Waals surface area contributed by atoms with Gasteiger partial charge in [-0.05, 0) is 6.42 Å². The Morgan fingerprint density at radius 2 is 2.00 bits per heavy atom. The summed E-state index contributed by atoms with van der Waals surface area (Å²) < 4.78 is 10.2. The van der Waals surface area contributed by atoms with Crippen molar-refractivity contribution in [3.05, 3.63) is 0 Å². The van der Waals surface area contributed by atoms with E-state index in [0.29, 0.717) is 6.54 Å². The molecule has 0 unspecified atom stereocenters. The van der Waals surface area contributed by atoms with Gasteiger partial charge in [-0.2, -0.15) is 0 Å². The molecule has 0 aliphatic carbocycles. The second kappa shape index (κ2) is 3.02. The van der Waals surface area contributed by atoms with Gasteiger partial charge in [0, 0.05) is 6.54 Å². The van der Waals surface area contributed by atoms with Crippen molar-refractivity contribution in [1.82, 2.24) is 0 Å². The van der Waals surface area contributed by atoms with Crippen LogP contribution in [0.1, 0.15) is 6.42 Å². The average molecular weight is 117 g/mol. The summed E-state index contributed by atoms with van der Waals surface area (Å²) in [6.45, 7) is 2.06. The number of hydrogen-bond acceptors (Lipinski definition) is 3. The van der Waals surface area contributed by atoms with Gasteiger partial charge >= 0.3 is 0 Å². The van der Waals surface area contributed by atoms with Crippen LogP contribution in [0, 0.1) is 0 Å². The Hall–Kier alpha value is -0.120. The molecule has 0 bridgehead atoms. The maximum atomic E-state index is 5.25. The van der Waals surface area contributed by atoms with Crippen LogP contribution < -0.4 is 5.73 Å². The second-order valence-corrected chi connectivity index (χ2v) is 1.76. The lowest BCUT2D eigenvalue weighted by Crippen LogP contribution is -2.31. The molecule has 3 heteroatoms. The summed E-state index contributed by atoms with van der Waals surface area (Å²) in [5.41, 5.74) is 5.25. The zero-order chi connectivity index (χ0) is 5.82. The van der Waals surface area contributed by atoms with Crippen molar-refractivity contribution < 1.29 is 9.47 Å². The van der Waals surface area contributed by atoms with Gasteiger partial charge < -0.3 is 15.2 Å².